The lowest BCUT2D eigenvalue weighted by Gasteiger charge is -2.33. The molecule has 2 aliphatic rings. The molecule has 2 heterocycles. The van der Waals surface area contributed by atoms with Crippen molar-refractivity contribution in [3.8, 4) is 0 Å². The first-order valence-corrected chi connectivity index (χ1v) is 10.0. The molecular formula is C19H35N3O4. The number of hydrogen-bond acceptors (Lipinski definition) is 5. The highest BCUT2D eigenvalue weighted by Gasteiger charge is 2.29. The first kappa shape index (κ1) is 21.1. The molecule has 2 saturated heterocycles. The van der Waals surface area contributed by atoms with Crippen LogP contribution in [0.5, 0.6) is 0 Å². The minimum atomic E-state index is -0.0814. The summed E-state index contributed by atoms with van der Waals surface area (Å²) >= 11 is 0. The van der Waals surface area contributed by atoms with Crippen LogP contribution in [0.1, 0.15) is 39.5 Å². The fraction of sp³-hybridized carbons (Fsp3) is 0.895. The molecule has 0 aromatic carbocycles. The highest BCUT2D eigenvalue weighted by molar-refractivity contribution is 5.83. The largest absolute Gasteiger partial charge is 0.379 e. The van der Waals surface area contributed by atoms with E-state index in [2.05, 4.69) is 10.2 Å². The van der Waals surface area contributed by atoms with Crippen LogP contribution in [0, 0.1) is 5.92 Å². The number of amides is 2. The first-order chi connectivity index (χ1) is 12.6. The Morgan fingerprint density at radius 3 is 2.77 bits per heavy atom. The molecule has 0 aliphatic carbocycles. The minimum absolute atomic E-state index is 0.0697. The van der Waals surface area contributed by atoms with Gasteiger partial charge in [-0.2, -0.15) is 0 Å². The Labute approximate surface area is 157 Å². The number of ether oxygens (including phenoxy) is 2. The van der Waals surface area contributed by atoms with Gasteiger partial charge in [0.15, 0.2) is 0 Å². The van der Waals surface area contributed by atoms with Crippen LogP contribution >= 0.6 is 0 Å². The fourth-order valence-electron chi connectivity index (χ4n) is 3.40. The van der Waals surface area contributed by atoms with E-state index in [4.69, 9.17) is 9.47 Å². The molecule has 0 aromatic rings. The number of carbonyl (C=O) groups is 2. The molecule has 1 atom stereocenters. The smallest absolute Gasteiger partial charge is 0.224 e. The summed E-state index contributed by atoms with van der Waals surface area (Å²) in [6, 6.07) is 0. The van der Waals surface area contributed by atoms with Crippen molar-refractivity contribution >= 4 is 11.8 Å². The number of nitrogens with zero attached hydrogens (tertiary/aromatic N) is 2. The maximum atomic E-state index is 12.4. The van der Waals surface area contributed by atoms with Gasteiger partial charge in [0, 0.05) is 52.3 Å². The monoisotopic (exact) mass is 369 g/mol. The summed E-state index contributed by atoms with van der Waals surface area (Å²) in [6.07, 6.45) is 3.13. The van der Waals surface area contributed by atoms with Gasteiger partial charge in [0.1, 0.15) is 0 Å². The third-order valence-corrected chi connectivity index (χ3v) is 4.95. The van der Waals surface area contributed by atoms with E-state index in [0.29, 0.717) is 32.5 Å². The van der Waals surface area contributed by atoms with E-state index < -0.39 is 0 Å². The van der Waals surface area contributed by atoms with Gasteiger partial charge in [-0.3, -0.25) is 14.5 Å². The standard InChI is InChI=1S/C19H35N3O4/c1-16(2)26-12-3-7-20-19(24)17-5-6-18(23)22(15-17)9-4-8-21-10-13-25-14-11-21/h16-17H,3-15H2,1-2H3,(H,20,24)/t17-/m1/s1. The summed E-state index contributed by atoms with van der Waals surface area (Å²) in [5.41, 5.74) is 0. The quantitative estimate of drug-likeness (QED) is 0.579. The van der Waals surface area contributed by atoms with E-state index >= 15 is 0 Å². The Bertz CT molecular complexity index is 439. The van der Waals surface area contributed by atoms with Crippen LogP contribution in [0.3, 0.4) is 0 Å². The van der Waals surface area contributed by atoms with Crippen molar-refractivity contribution in [3.63, 3.8) is 0 Å². The fourth-order valence-corrected chi connectivity index (χ4v) is 3.40. The molecule has 0 radical (unpaired) electrons. The second-order valence-corrected chi connectivity index (χ2v) is 7.45. The molecule has 0 aromatic heterocycles. The number of carbonyl (C=O) groups excluding carboxylic acids is 2. The van der Waals surface area contributed by atoms with Crippen LogP contribution < -0.4 is 5.32 Å². The van der Waals surface area contributed by atoms with Crippen molar-refractivity contribution in [1.82, 2.24) is 15.1 Å². The Hall–Kier alpha value is -1.18. The third-order valence-electron chi connectivity index (χ3n) is 4.95. The van der Waals surface area contributed by atoms with Crippen LogP contribution in [-0.2, 0) is 19.1 Å². The molecule has 0 saturated carbocycles. The number of piperidine rings is 1. The van der Waals surface area contributed by atoms with Crippen LogP contribution in [0.15, 0.2) is 0 Å². The molecule has 0 bridgehead atoms. The zero-order valence-corrected chi connectivity index (χ0v) is 16.4. The second-order valence-electron chi connectivity index (χ2n) is 7.45. The SMILES string of the molecule is CC(C)OCCCNC(=O)[C@@H]1CCC(=O)N(CCCN2CCOCC2)C1. The lowest BCUT2D eigenvalue weighted by atomic mass is 9.96. The molecule has 1 N–H and O–H groups in total. The van der Waals surface area contributed by atoms with Crippen LogP contribution in [0.2, 0.25) is 0 Å². The zero-order chi connectivity index (χ0) is 18.8. The number of rotatable bonds is 10. The van der Waals surface area contributed by atoms with E-state index in [1.807, 2.05) is 18.7 Å². The van der Waals surface area contributed by atoms with Gasteiger partial charge in [-0.25, -0.2) is 0 Å². The van der Waals surface area contributed by atoms with Gasteiger partial charge >= 0.3 is 0 Å². The third kappa shape index (κ3) is 7.60. The highest BCUT2D eigenvalue weighted by Crippen LogP contribution is 2.18. The van der Waals surface area contributed by atoms with Crippen molar-refractivity contribution in [2.45, 2.75) is 45.6 Å². The zero-order valence-electron chi connectivity index (χ0n) is 16.4. The average molecular weight is 370 g/mol. The van der Waals surface area contributed by atoms with Crippen LogP contribution in [0.4, 0.5) is 0 Å². The van der Waals surface area contributed by atoms with Gasteiger partial charge in [0.2, 0.25) is 11.8 Å². The summed E-state index contributed by atoms with van der Waals surface area (Å²) < 4.78 is 10.8. The molecule has 7 nitrogen and oxygen atoms in total. The summed E-state index contributed by atoms with van der Waals surface area (Å²) in [7, 11) is 0. The van der Waals surface area contributed by atoms with Gasteiger partial charge in [0.25, 0.3) is 0 Å². The van der Waals surface area contributed by atoms with Gasteiger partial charge < -0.3 is 19.7 Å². The van der Waals surface area contributed by atoms with Crippen molar-refractivity contribution in [2.75, 3.05) is 59.1 Å². The van der Waals surface area contributed by atoms with Gasteiger partial charge in [-0.1, -0.05) is 0 Å². The van der Waals surface area contributed by atoms with Gasteiger partial charge in [-0.15, -0.1) is 0 Å². The van der Waals surface area contributed by atoms with Crippen molar-refractivity contribution in [3.05, 3.63) is 0 Å². The molecule has 2 fully saturated rings. The Kier molecular flexibility index (Phi) is 9.36. The Balaban J connectivity index is 1.63. The predicted molar refractivity (Wildman–Crippen MR) is 99.9 cm³/mol. The Morgan fingerprint density at radius 2 is 2.04 bits per heavy atom. The van der Waals surface area contributed by atoms with Crippen molar-refractivity contribution in [2.24, 2.45) is 5.92 Å². The molecule has 2 amide bonds. The molecule has 7 heteroatoms. The van der Waals surface area contributed by atoms with E-state index in [9.17, 15) is 9.59 Å². The summed E-state index contributed by atoms with van der Waals surface area (Å²) in [4.78, 5) is 28.8. The average Bonchev–Trinajstić information content (AvgIpc) is 2.63. The molecule has 2 aliphatic heterocycles. The number of likely N-dealkylation sites (tertiary alicyclic amines) is 1. The molecule has 26 heavy (non-hydrogen) atoms. The molecular weight excluding hydrogens is 334 g/mol. The number of morpholine rings is 1. The van der Waals surface area contributed by atoms with E-state index in [-0.39, 0.29) is 23.8 Å². The maximum Gasteiger partial charge on any atom is 0.224 e. The number of hydrogen-bond donors (Lipinski definition) is 1. The molecule has 0 unspecified atom stereocenters. The second kappa shape index (κ2) is 11.5. The van der Waals surface area contributed by atoms with Crippen molar-refractivity contribution < 1.29 is 19.1 Å². The lowest BCUT2D eigenvalue weighted by Crippen LogP contribution is -2.47. The van der Waals surface area contributed by atoms with E-state index in [1.54, 1.807) is 0 Å². The normalized spacial score (nSPS) is 22.0. The summed E-state index contributed by atoms with van der Waals surface area (Å²) in [5, 5.41) is 2.99. The first-order valence-electron chi connectivity index (χ1n) is 10.0. The Morgan fingerprint density at radius 1 is 1.27 bits per heavy atom. The van der Waals surface area contributed by atoms with Crippen LogP contribution in [-0.4, -0.2) is 86.8 Å². The van der Waals surface area contributed by atoms with Gasteiger partial charge in [0.05, 0.1) is 25.2 Å². The highest BCUT2D eigenvalue weighted by atomic mass is 16.5. The molecule has 2 rings (SSSR count). The van der Waals surface area contributed by atoms with E-state index in [1.165, 1.54) is 0 Å². The van der Waals surface area contributed by atoms with E-state index in [0.717, 1.165) is 52.2 Å². The summed E-state index contributed by atoms with van der Waals surface area (Å²) in [6.45, 7) is 11.1. The number of nitrogens with one attached hydrogen (secondary N) is 1. The molecule has 150 valence electrons. The topological polar surface area (TPSA) is 71.1 Å². The summed E-state index contributed by atoms with van der Waals surface area (Å²) in [5.74, 6) is 0.170. The van der Waals surface area contributed by atoms with Crippen molar-refractivity contribution in [1.29, 1.82) is 0 Å². The predicted octanol–water partition coefficient (Wildman–Crippen LogP) is 0.879. The van der Waals surface area contributed by atoms with Gasteiger partial charge in [-0.05, 0) is 33.1 Å². The minimum Gasteiger partial charge on any atom is -0.379 e. The van der Waals surface area contributed by atoms with Crippen LogP contribution in [0.25, 0.3) is 0 Å². The maximum absolute atomic E-state index is 12.4. The lowest BCUT2D eigenvalue weighted by molar-refractivity contribution is -0.138. The molecule has 0 spiro atoms.